The van der Waals surface area contributed by atoms with Gasteiger partial charge in [-0.05, 0) is 77.8 Å². The van der Waals surface area contributed by atoms with Gasteiger partial charge in [0, 0.05) is 36.2 Å². The molecule has 1 fully saturated rings. The zero-order valence-electron chi connectivity index (χ0n) is 22.7. The Hall–Kier alpha value is -2.00. The lowest BCUT2D eigenvalue weighted by Gasteiger charge is -2.26. The maximum absolute atomic E-state index is 13.5. The Morgan fingerprint density at radius 3 is 2.36 bits per heavy atom. The molecule has 1 aromatic heterocycles. The number of halogens is 3. The van der Waals surface area contributed by atoms with Gasteiger partial charge in [0.1, 0.15) is 23.8 Å². The number of ketones is 1. The molecule has 0 spiro atoms. The molecule has 3 aromatic carbocycles. The van der Waals surface area contributed by atoms with E-state index < -0.39 is 5.97 Å². The molecule has 1 atom stereocenters. The highest BCUT2D eigenvalue weighted by molar-refractivity contribution is 14.1. The molecule has 1 heterocycles. The van der Waals surface area contributed by atoms with E-state index in [1.165, 1.54) is 17.2 Å². The number of aromatic nitrogens is 1. The number of rotatable bonds is 10. The average molecular weight is 899 g/mol. The van der Waals surface area contributed by atoms with Gasteiger partial charge in [-0.15, -0.1) is 0 Å². The number of carboxylic acids is 1. The first kappa shape index (κ1) is 30.0. The molecule has 0 amide bonds. The van der Waals surface area contributed by atoms with Crippen molar-refractivity contribution in [3.63, 3.8) is 0 Å². The first-order valence-electron chi connectivity index (χ1n) is 13.9. The number of benzene rings is 3. The van der Waals surface area contributed by atoms with Crippen LogP contribution in [0.25, 0.3) is 11.3 Å². The molecule has 1 N–H and O–H groups in total. The zero-order chi connectivity index (χ0) is 29.4. The Morgan fingerprint density at radius 1 is 0.952 bits per heavy atom. The van der Waals surface area contributed by atoms with Crippen LogP contribution in [0, 0.1) is 0 Å². The van der Waals surface area contributed by atoms with Gasteiger partial charge < -0.3 is 14.4 Å². The molecule has 0 aliphatic heterocycles. The number of fused-ring (bicyclic) bond motifs is 1. The topological polar surface area (TPSA) is 89.6 Å². The van der Waals surface area contributed by atoms with Crippen LogP contribution in [0.1, 0.15) is 91.0 Å². The lowest BCUT2D eigenvalue weighted by atomic mass is 9.77. The summed E-state index contributed by atoms with van der Waals surface area (Å²) in [6, 6.07) is 17.3. The quantitative estimate of drug-likeness (QED) is 0.126. The highest BCUT2D eigenvalue weighted by Gasteiger charge is 2.34. The summed E-state index contributed by atoms with van der Waals surface area (Å²) < 4.78 is 14.9. The third-order valence-electron chi connectivity index (χ3n) is 8.18. The molecular formula is C33H28I3NO5. The summed E-state index contributed by atoms with van der Waals surface area (Å²) >= 11 is 7.16. The summed E-state index contributed by atoms with van der Waals surface area (Å²) in [5.74, 6) is 0.920. The van der Waals surface area contributed by atoms with Crippen LogP contribution in [0.2, 0.25) is 0 Å². The van der Waals surface area contributed by atoms with Crippen LogP contribution >= 0.6 is 67.8 Å². The van der Waals surface area contributed by atoms with E-state index in [0.717, 1.165) is 71.1 Å². The number of carbonyl (C=O) groups is 2. The van der Waals surface area contributed by atoms with Crippen molar-refractivity contribution in [3.8, 4) is 17.0 Å². The normalized spacial score (nSPS) is 16.4. The number of aryl methyl sites for hydroxylation is 1. The highest BCUT2D eigenvalue weighted by atomic mass is 127. The number of Topliss-reactive ketones (excluding diaryl/α,β-unsaturated/α-hetero) is 1. The van der Waals surface area contributed by atoms with Crippen molar-refractivity contribution in [2.75, 3.05) is 0 Å². The van der Waals surface area contributed by atoms with Gasteiger partial charge in [-0.1, -0.05) is 103 Å². The van der Waals surface area contributed by atoms with E-state index >= 15 is 0 Å². The molecular weight excluding hydrogens is 871 g/mol. The van der Waals surface area contributed by atoms with Crippen molar-refractivity contribution in [2.45, 2.75) is 57.4 Å². The van der Waals surface area contributed by atoms with Gasteiger partial charge in [-0.2, -0.15) is 0 Å². The summed E-state index contributed by atoms with van der Waals surface area (Å²) in [7, 11) is 0. The number of hydrogen-bond donors (Lipinski definition) is 1. The lowest BCUT2D eigenvalue weighted by Crippen LogP contribution is -2.22. The zero-order valence-corrected chi connectivity index (χ0v) is 29.1. The van der Waals surface area contributed by atoms with Crippen LogP contribution in [0.3, 0.4) is 0 Å². The molecule has 4 aromatic rings. The fourth-order valence-corrected chi connectivity index (χ4v) is 7.81. The van der Waals surface area contributed by atoms with Gasteiger partial charge >= 0.3 is 5.97 Å². The maximum Gasteiger partial charge on any atom is 0.335 e. The first-order valence-corrected chi connectivity index (χ1v) is 18.4. The fourth-order valence-electron chi connectivity index (χ4n) is 5.88. The minimum absolute atomic E-state index is 0.0520. The Kier molecular flexibility index (Phi) is 9.25. The monoisotopic (exact) mass is 899 g/mol. The number of aromatic carboxylic acids is 1. The van der Waals surface area contributed by atoms with E-state index in [4.69, 9.17) is 9.26 Å². The summed E-state index contributed by atoms with van der Waals surface area (Å²) in [6.45, 7) is 0.364. The second kappa shape index (κ2) is 12.9. The fraction of sp³-hybridized carbons (Fsp3) is 0.303. The van der Waals surface area contributed by atoms with Crippen LogP contribution in [-0.4, -0.2) is 22.0 Å². The molecule has 2 aliphatic carbocycles. The molecule has 42 heavy (non-hydrogen) atoms. The second-order valence-corrected chi connectivity index (χ2v) is 13.1. The van der Waals surface area contributed by atoms with Crippen LogP contribution in [0.15, 0.2) is 59.1 Å². The molecule has 9 heteroatoms. The summed E-state index contributed by atoms with van der Waals surface area (Å²) in [4.78, 5) is 24.9. The number of hydrogen-bond acceptors (Lipinski definition) is 5. The van der Waals surface area contributed by atoms with Crippen LogP contribution in [0.4, 0.5) is 0 Å². The highest BCUT2D eigenvalue weighted by Crippen LogP contribution is 2.45. The predicted octanol–water partition coefficient (Wildman–Crippen LogP) is 9.21. The molecule has 0 saturated heterocycles. The van der Waals surface area contributed by atoms with E-state index in [-0.39, 0.29) is 17.3 Å². The number of carbonyl (C=O) groups excluding carboxylic acids is 1. The van der Waals surface area contributed by atoms with Crippen LogP contribution in [-0.2, 0) is 26.3 Å². The average Bonchev–Trinajstić information content (AvgIpc) is 3.78. The van der Waals surface area contributed by atoms with Gasteiger partial charge in [0.25, 0.3) is 0 Å². The van der Waals surface area contributed by atoms with E-state index in [1.807, 2.05) is 12.1 Å². The van der Waals surface area contributed by atoms with E-state index in [1.54, 1.807) is 12.1 Å². The summed E-state index contributed by atoms with van der Waals surface area (Å²) in [5.41, 5.74) is 9.32. The standard InChI is InChI=1S/C33H28I3NO5/c34-14-21-2-1-3-22(15-35)29(21)30-28(32(42-37-30)18-4-5-18)17-41-24-8-11-25(23(13-24)16-36)27-10-6-19-12-20(33(39)40)7-9-26(19)31(27)38/h1-3,7-9,11-13,18,27H,4-6,10,14-17H2,(H,39,40). The third-order valence-corrected chi connectivity index (χ3v) is 10.6. The molecule has 0 radical (unpaired) electrons. The number of carboxylic acid groups (broad SMARTS) is 1. The van der Waals surface area contributed by atoms with Crippen molar-refractivity contribution in [1.29, 1.82) is 0 Å². The van der Waals surface area contributed by atoms with Crippen LogP contribution in [0.5, 0.6) is 5.75 Å². The largest absolute Gasteiger partial charge is 0.489 e. The van der Waals surface area contributed by atoms with Crippen molar-refractivity contribution < 1.29 is 24.0 Å². The van der Waals surface area contributed by atoms with Gasteiger partial charge in [-0.3, -0.25) is 4.79 Å². The van der Waals surface area contributed by atoms with Crippen molar-refractivity contribution in [3.05, 3.63) is 105 Å². The van der Waals surface area contributed by atoms with Crippen LogP contribution < -0.4 is 4.74 Å². The van der Waals surface area contributed by atoms with Crippen molar-refractivity contribution in [2.24, 2.45) is 0 Å². The Balaban J connectivity index is 1.27. The van der Waals surface area contributed by atoms with E-state index in [2.05, 4.69) is 97.2 Å². The van der Waals surface area contributed by atoms with Crippen molar-refractivity contribution in [1.82, 2.24) is 5.16 Å². The molecule has 6 rings (SSSR count). The first-order chi connectivity index (χ1) is 20.4. The Morgan fingerprint density at radius 2 is 1.69 bits per heavy atom. The maximum atomic E-state index is 13.5. The van der Waals surface area contributed by atoms with Gasteiger partial charge in [0.2, 0.25) is 0 Å². The number of alkyl halides is 3. The molecule has 1 unspecified atom stereocenters. The smallest absolute Gasteiger partial charge is 0.335 e. The minimum Gasteiger partial charge on any atom is -0.489 e. The second-order valence-electron chi connectivity index (χ2n) is 10.8. The minimum atomic E-state index is -0.975. The van der Waals surface area contributed by atoms with Crippen molar-refractivity contribution >= 4 is 79.5 Å². The molecule has 0 bridgehead atoms. The summed E-state index contributed by atoms with van der Waals surface area (Å²) in [5, 5.41) is 13.9. The predicted molar refractivity (Wildman–Crippen MR) is 187 cm³/mol. The van der Waals surface area contributed by atoms with E-state index in [0.29, 0.717) is 30.9 Å². The Bertz CT molecular complexity index is 1650. The van der Waals surface area contributed by atoms with Gasteiger partial charge in [0.05, 0.1) is 11.1 Å². The lowest BCUT2D eigenvalue weighted by molar-refractivity contribution is 0.0696. The number of ether oxygens (including phenoxy) is 1. The molecule has 6 nitrogen and oxygen atoms in total. The molecule has 216 valence electrons. The third kappa shape index (κ3) is 5.89. The number of nitrogens with zero attached hydrogens (tertiary/aromatic N) is 1. The van der Waals surface area contributed by atoms with Gasteiger partial charge in [0.15, 0.2) is 5.78 Å². The van der Waals surface area contributed by atoms with E-state index in [9.17, 15) is 14.7 Å². The molecule has 2 aliphatic rings. The Labute approximate surface area is 285 Å². The van der Waals surface area contributed by atoms with Gasteiger partial charge in [-0.25, -0.2) is 4.79 Å². The summed E-state index contributed by atoms with van der Waals surface area (Å²) in [6.07, 6.45) is 3.55. The molecule has 1 saturated carbocycles. The SMILES string of the molecule is O=C(O)c1ccc2c(c1)CCC(c1ccc(OCc3c(-c4c(CI)cccc4CI)noc3C3CC3)cc1CI)C2=O.